The first-order valence-electron chi connectivity index (χ1n) is 6.62. The molecule has 2 heterocycles. The van der Waals surface area contributed by atoms with Crippen LogP contribution in [0, 0.1) is 5.92 Å². The number of rotatable bonds is 4. The number of nitrogens with zero attached hydrogens (tertiary/aromatic N) is 1. The summed E-state index contributed by atoms with van der Waals surface area (Å²) in [6, 6.07) is 0. The van der Waals surface area contributed by atoms with Crippen molar-refractivity contribution in [3.63, 3.8) is 0 Å². The molecule has 2 aliphatic heterocycles. The van der Waals surface area contributed by atoms with Gasteiger partial charge in [0.15, 0.2) is 0 Å². The van der Waals surface area contributed by atoms with Gasteiger partial charge in [0.25, 0.3) is 0 Å². The van der Waals surface area contributed by atoms with Crippen LogP contribution in [0.5, 0.6) is 0 Å². The van der Waals surface area contributed by atoms with Crippen molar-refractivity contribution in [2.75, 3.05) is 26.7 Å². The zero-order valence-corrected chi connectivity index (χ0v) is 11.2. The van der Waals surface area contributed by atoms with E-state index in [9.17, 15) is 4.79 Å². The van der Waals surface area contributed by atoms with E-state index in [2.05, 4.69) is 19.2 Å². The molecule has 2 rings (SSSR count). The zero-order chi connectivity index (χ0) is 12.5. The highest BCUT2D eigenvalue weighted by atomic mass is 16.5. The lowest BCUT2D eigenvalue weighted by molar-refractivity contribution is -0.132. The van der Waals surface area contributed by atoms with Crippen LogP contribution in [0.1, 0.15) is 33.1 Å². The number of nitrogens with one attached hydrogen (secondary N) is 1. The number of ether oxygens (including phenoxy) is 1. The summed E-state index contributed by atoms with van der Waals surface area (Å²) in [6.07, 6.45) is 3.15. The molecule has 0 bridgehead atoms. The first-order valence-corrected chi connectivity index (χ1v) is 6.62. The first kappa shape index (κ1) is 12.8. The van der Waals surface area contributed by atoms with Crippen LogP contribution in [-0.4, -0.2) is 49.2 Å². The van der Waals surface area contributed by atoms with Crippen molar-refractivity contribution in [3.05, 3.63) is 0 Å². The van der Waals surface area contributed by atoms with E-state index < -0.39 is 0 Å². The maximum Gasteiger partial charge on any atom is 0.223 e. The molecule has 98 valence electrons. The molecule has 4 nitrogen and oxygen atoms in total. The van der Waals surface area contributed by atoms with Gasteiger partial charge in [-0.05, 0) is 33.7 Å². The fourth-order valence-corrected chi connectivity index (χ4v) is 3.01. The summed E-state index contributed by atoms with van der Waals surface area (Å²) in [5.41, 5.74) is -0.0496. The minimum Gasteiger partial charge on any atom is -0.376 e. The molecule has 0 aromatic heterocycles. The Morgan fingerprint density at radius 1 is 1.53 bits per heavy atom. The van der Waals surface area contributed by atoms with Gasteiger partial charge >= 0.3 is 0 Å². The smallest absolute Gasteiger partial charge is 0.223 e. The molecule has 0 aromatic rings. The Labute approximate surface area is 104 Å². The molecule has 2 unspecified atom stereocenters. The summed E-state index contributed by atoms with van der Waals surface area (Å²) in [5.74, 6) is 0.687. The minimum atomic E-state index is -0.0496. The van der Waals surface area contributed by atoms with Crippen LogP contribution in [0.25, 0.3) is 0 Å². The van der Waals surface area contributed by atoms with Crippen molar-refractivity contribution in [2.24, 2.45) is 5.92 Å². The minimum absolute atomic E-state index is 0.0496. The van der Waals surface area contributed by atoms with E-state index in [0.29, 0.717) is 12.3 Å². The number of carbonyl (C=O) groups is 1. The van der Waals surface area contributed by atoms with Crippen LogP contribution in [-0.2, 0) is 9.53 Å². The SMILES string of the molecule is CNCC1CC(=O)N(CC2CCCO2)C1(C)C. The molecule has 0 saturated carbocycles. The molecule has 2 fully saturated rings. The Kier molecular flexibility index (Phi) is 3.73. The molecule has 2 saturated heterocycles. The lowest BCUT2D eigenvalue weighted by Gasteiger charge is -2.37. The second-order valence-corrected chi connectivity index (χ2v) is 5.75. The van der Waals surface area contributed by atoms with Crippen LogP contribution >= 0.6 is 0 Å². The molecule has 0 aromatic carbocycles. The monoisotopic (exact) mass is 240 g/mol. The van der Waals surface area contributed by atoms with Crippen LogP contribution in [0.4, 0.5) is 0 Å². The Morgan fingerprint density at radius 3 is 2.88 bits per heavy atom. The Bertz CT molecular complexity index is 285. The van der Waals surface area contributed by atoms with Gasteiger partial charge in [-0.1, -0.05) is 0 Å². The molecule has 1 N–H and O–H groups in total. The topological polar surface area (TPSA) is 41.6 Å². The summed E-state index contributed by atoms with van der Waals surface area (Å²) in [5, 5.41) is 3.19. The van der Waals surface area contributed by atoms with E-state index in [0.717, 1.165) is 32.5 Å². The molecule has 0 radical (unpaired) electrons. The molecule has 17 heavy (non-hydrogen) atoms. The molecule has 0 spiro atoms. The predicted molar refractivity (Wildman–Crippen MR) is 66.8 cm³/mol. The Morgan fingerprint density at radius 2 is 2.29 bits per heavy atom. The molecule has 4 heteroatoms. The predicted octanol–water partition coefficient (Wildman–Crippen LogP) is 1.01. The van der Waals surface area contributed by atoms with E-state index in [1.807, 2.05) is 11.9 Å². The normalized spacial score (nSPS) is 32.4. The highest BCUT2D eigenvalue weighted by Crippen LogP contribution is 2.35. The van der Waals surface area contributed by atoms with Crippen LogP contribution in [0.2, 0.25) is 0 Å². The maximum absolute atomic E-state index is 12.1. The molecular weight excluding hydrogens is 216 g/mol. The standard InChI is InChI=1S/C13H24N2O2/c1-13(2)10(8-14-3)7-12(16)15(13)9-11-5-4-6-17-11/h10-11,14H,4-9H2,1-3H3. The summed E-state index contributed by atoms with van der Waals surface area (Å²) in [7, 11) is 1.95. The fraction of sp³-hybridized carbons (Fsp3) is 0.923. The van der Waals surface area contributed by atoms with Crippen molar-refractivity contribution in [1.82, 2.24) is 10.2 Å². The van der Waals surface area contributed by atoms with Gasteiger partial charge in [0, 0.05) is 37.6 Å². The van der Waals surface area contributed by atoms with E-state index in [4.69, 9.17) is 4.74 Å². The lowest BCUT2D eigenvalue weighted by Crippen LogP contribution is -2.49. The lowest BCUT2D eigenvalue weighted by atomic mass is 9.88. The second kappa shape index (κ2) is 4.94. The van der Waals surface area contributed by atoms with Gasteiger partial charge in [-0.3, -0.25) is 4.79 Å². The Balaban J connectivity index is 2.02. The first-order chi connectivity index (χ1) is 8.05. The van der Waals surface area contributed by atoms with Gasteiger partial charge in [-0.25, -0.2) is 0 Å². The average molecular weight is 240 g/mol. The van der Waals surface area contributed by atoms with Gasteiger partial charge in [0.1, 0.15) is 0 Å². The van der Waals surface area contributed by atoms with Crippen molar-refractivity contribution in [3.8, 4) is 0 Å². The number of hydrogen-bond donors (Lipinski definition) is 1. The number of hydrogen-bond acceptors (Lipinski definition) is 3. The third-order valence-electron chi connectivity index (χ3n) is 4.28. The van der Waals surface area contributed by atoms with Crippen molar-refractivity contribution < 1.29 is 9.53 Å². The largest absolute Gasteiger partial charge is 0.376 e. The summed E-state index contributed by atoms with van der Waals surface area (Å²) in [4.78, 5) is 14.1. The number of likely N-dealkylation sites (tertiary alicyclic amines) is 1. The zero-order valence-electron chi connectivity index (χ0n) is 11.2. The average Bonchev–Trinajstić information content (AvgIpc) is 2.83. The van der Waals surface area contributed by atoms with E-state index in [-0.39, 0.29) is 17.6 Å². The summed E-state index contributed by atoms with van der Waals surface area (Å²) in [6.45, 7) is 6.88. The Hall–Kier alpha value is -0.610. The van der Waals surface area contributed by atoms with E-state index in [1.54, 1.807) is 0 Å². The summed E-state index contributed by atoms with van der Waals surface area (Å²) >= 11 is 0. The summed E-state index contributed by atoms with van der Waals surface area (Å²) < 4.78 is 5.64. The van der Waals surface area contributed by atoms with Gasteiger partial charge in [0.05, 0.1) is 6.10 Å². The van der Waals surface area contributed by atoms with E-state index in [1.165, 1.54) is 0 Å². The molecule has 2 atom stereocenters. The quantitative estimate of drug-likeness (QED) is 0.797. The molecular formula is C13H24N2O2. The van der Waals surface area contributed by atoms with E-state index >= 15 is 0 Å². The molecule has 0 aliphatic carbocycles. The van der Waals surface area contributed by atoms with Crippen LogP contribution in [0.15, 0.2) is 0 Å². The maximum atomic E-state index is 12.1. The van der Waals surface area contributed by atoms with Gasteiger partial charge in [-0.2, -0.15) is 0 Å². The number of amides is 1. The van der Waals surface area contributed by atoms with Gasteiger partial charge < -0.3 is 15.0 Å². The van der Waals surface area contributed by atoms with Gasteiger partial charge in [-0.15, -0.1) is 0 Å². The molecule has 1 amide bonds. The molecule has 2 aliphatic rings. The van der Waals surface area contributed by atoms with Gasteiger partial charge in [0.2, 0.25) is 5.91 Å². The third-order valence-corrected chi connectivity index (χ3v) is 4.28. The highest BCUT2D eigenvalue weighted by Gasteiger charge is 2.46. The van der Waals surface area contributed by atoms with Crippen molar-refractivity contribution >= 4 is 5.91 Å². The van der Waals surface area contributed by atoms with Crippen LogP contribution < -0.4 is 5.32 Å². The van der Waals surface area contributed by atoms with Crippen molar-refractivity contribution in [2.45, 2.75) is 44.8 Å². The van der Waals surface area contributed by atoms with Crippen LogP contribution in [0.3, 0.4) is 0 Å². The third kappa shape index (κ3) is 2.47. The second-order valence-electron chi connectivity index (χ2n) is 5.75. The fourth-order valence-electron chi connectivity index (χ4n) is 3.01. The van der Waals surface area contributed by atoms with Crippen molar-refractivity contribution in [1.29, 1.82) is 0 Å². The highest BCUT2D eigenvalue weighted by molar-refractivity contribution is 5.80. The number of carbonyl (C=O) groups excluding carboxylic acids is 1.